The summed E-state index contributed by atoms with van der Waals surface area (Å²) in [6.07, 6.45) is 0.0959. The van der Waals surface area contributed by atoms with Gasteiger partial charge in [-0.05, 0) is 31.0 Å². The fraction of sp³-hybridized carbons (Fsp3) is 0.500. The molecule has 6 heteroatoms. The number of aliphatic hydroxyl groups is 1. The zero-order valence-electron chi connectivity index (χ0n) is 12.9. The number of hydrogen-bond donors (Lipinski definition) is 3. The Labute approximate surface area is 129 Å². The maximum Gasteiger partial charge on any atom is 0.220 e. The van der Waals surface area contributed by atoms with Crippen molar-refractivity contribution in [2.45, 2.75) is 45.3 Å². The van der Waals surface area contributed by atoms with Crippen molar-refractivity contribution in [2.24, 2.45) is 0 Å². The number of aliphatic hydroxyl groups excluding tert-OH is 1. The minimum atomic E-state index is -0.932. The van der Waals surface area contributed by atoms with Crippen LogP contribution in [0.15, 0.2) is 24.3 Å². The summed E-state index contributed by atoms with van der Waals surface area (Å²) in [6, 6.07) is 4.93. The Bertz CT molecular complexity index is 491. The summed E-state index contributed by atoms with van der Waals surface area (Å²) in [5.74, 6) is -0.852. The van der Waals surface area contributed by atoms with Gasteiger partial charge in [0.05, 0.1) is 12.1 Å². The lowest BCUT2D eigenvalue weighted by molar-refractivity contribution is -0.127. The van der Waals surface area contributed by atoms with Crippen LogP contribution < -0.4 is 10.6 Å². The monoisotopic (exact) mass is 310 g/mol. The number of amides is 2. The Morgan fingerprint density at radius 1 is 1.18 bits per heavy atom. The summed E-state index contributed by atoms with van der Waals surface area (Å²) in [5, 5.41) is 15.4. The van der Waals surface area contributed by atoms with Gasteiger partial charge in [-0.15, -0.1) is 0 Å². The highest BCUT2D eigenvalue weighted by atomic mass is 19.1. The molecule has 0 heterocycles. The predicted molar refractivity (Wildman–Crippen MR) is 81.5 cm³/mol. The van der Waals surface area contributed by atoms with Gasteiger partial charge in [0.2, 0.25) is 11.8 Å². The van der Waals surface area contributed by atoms with Gasteiger partial charge >= 0.3 is 0 Å². The van der Waals surface area contributed by atoms with E-state index < -0.39 is 12.1 Å². The van der Waals surface area contributed by atoms with Gasteiger partial charge in [-0.25, -0.2) is 4.39 Å². The summed E-state index contributed by atoms with van der Waals surface area (Å²) in [5.41, 5.74) is 0.523. The van der Waals surface area contributed by atoms with Gasteiger partial charge in [-0.1, -0.05) is 19.1 Å². The summed E-state index contributed by atoms with van der Waals surface area (Å²) in [6.45, 7) is 4.20. The van der Waals surface area contributed by atoms with Gasteiger partial charge in [-0.3, -0.25) is 9.59 Å². The highest BCUT2D eigenvalue weighted by molar-refractivity contribution is 5.83. The third-order valence-corrected chi connectivity index (χ3v) is 3.23. The van der Waals surface area contributed by atoms with Crippen LogP contribution in [-0.2, 0) is 9.59 Å². The van der Waals surface area contributed by atoms with Crippen molar-refractivity contribution >= 4 is 11.8 Å². The Hall–Kier alpha value is -1.95. The molecule has 0 saturated carbocycles. The topological polar surface area (TPSA) is 78.4 Å². The highest BCUT2D eigenvalue weighted by Gasteiger charge is 2.18. The first kappa shape index (κ1) is 18.1. The number of halogens is 1. The first-order chi connectivity index (χ1) is 10.4. The average molecular weight is 310 g/mol. The molecule has 0 aliphatic carbocycles. The zero-order chi connectivity index (χ0) is 16.5. The van der Waals surface area contributed by atoms with Crippen molar-refractivity contribution in [1.82, 2.24) is 10.6 Å². The number of carbonyl (C=O) groups is 2. The van der Waals surface area contributed by atoms with Crippen molar-refractivity contribution in [1.29, 1.82) is 0 Å². The van der Waals surface area contributed by atoms with Crippen LogP contribution in [0.4, 0.5) is 4.39 Å². The van der Waals surface area contributed by atoms with Crippen LogP contribution in [0.25, 0.3) is 0 Å². The number of rotatable bonds is 8. The molecule has 2 unspecified atom stereocenters. The molecule has 2 atom stereocenters. The molecule has 0 spiro atoms. The van der Waals surface area contributed by atoms with E-state index in [1.54, 1.807) is 6.92 Å². The minimum Gasteiger partial charge on any atom is -0.386 e. The van der Waals surface area contributed by atoms with Crippen LogP contribution in [0.5, 0.6) is 0 Å². The van der Waals surface area contributed by atoms with E-state index in [4.69, 9.17) is 0 Å². The molecule has 122 valence electrons. The quantitative estimate of drug-likeness (QED) is 0.683. The van der Waals surface area contributed by atoms with Crippen molar-refractivity contribution < 1.29 is 19.1 Å². The van der Waals surface area contributed by atoms with Crippen LogP contribution in [-0.4, -0.2) is 29.5 Å². The van der Waals surface area contributed by atoms with Crippen molar-refractivity contribution in [2.75, 3.05) is 6.54 Å². The fourth-order valence-corrected chi connectivity index (χ4v) is 1.93. The SMILES string of the molecule is CCCNC(=O)CCC(=O)NC(C)C(O)c1ccc(F)cc1. The lowest BCUT2D eigenvalue weighted by atomic mass is 10.0. The van der Waals surface area contributed by atoms with Gasteiger partial charge in [0, 0.05) is 19.4 Å². The molecule has 1 rings (SSSR count). The molecular weight excluding hydrogens is 287 g/mol. The summed E-state index contributed by atoms with van der Waals surface area (Å²) >= 11 is 0. The molecular formula is C16H23FN2O3. The van der Waals surface area contributed by atoms with Crippen LogP contribution in [0.3, 0.4) is 0 Å². The third kappa shape index (κ3) is 6.22. The second-order valence-electron chi connectivity index (χ2n) is 5.20. The molecule has 0 radical (unpaired) electrons. The Balaban J connectivity index is 2.40. The van der Waals surface area contributed by atoms with Gasteiger partial charge < -0.3 is 15.7 Å². The second-order valence-corrected chi connectivity index (χ2v) is 5.20. The molecule has 0 aliphatic heterocycles. The van der Waals surface area contributed by atoms with E-state index >= 15 is 0 Å². The van der Waals surface area contributed by atoms with Gasteiger partial charge in [0.15, 0.2) is 0 Å². The van der Waals surface area contributed by atoms with E-state index in [-0.39, 0.29) is 30.5 Å². The number of hydrogen-bond acceptors (Lipinski definition) is 3. The van der Waals surface area contributed by atoms with Gasteiger partial charge in [0.1, 0.15) is 5.82 Å². The number of nitrogens with one attached hydrogen (secondary N) is 2. The van der Waals surface area contributed by atoms with E-state index in [1.807, 2.05) is 6.92 Å². The molecule has 0 aromatic heterocycles. The molecule has 0 aliphatic rings. The first-order valence-corrected chi connectivity index (χ1v) is 7.43. The zero-order valence-corrected chi connectivity index (χ0v) is 12.9. The lowest BCUT2D eigenvalue weighted by Gasteiger charge is -2.20. The molecule has 2 amide bonds. The van der Waals surface area contributed by atoms with Crippen molar-refractivity contribution in [3.63, 3.8) is 0 Å². The van der Waals surface area contributed by atoms with E-state index in [1.165, 1.54) is 24.3 Å². The molecule has 3 N–H and O–H groups in total. The smallest absolute Gasteiger partial charge is 0.220 e. The second kappa shape index (κ2) is 9.15. The van der Waals surface area contributed by atoms with Crippen LogP contribution in [0.2, 0.25) is 0 Å². The minimum absolute atomic E-state index is 0.0655. The maximum atomic E-state index is 12.8. The summed E-state index contributed by atoms with van der Waals surface area (Å²) in [7, 11) is 0. The third-order valence-electron chi connectivity index (χ3n) is 3.23. The molecule has 0 bridgehead atoms. The van der Waals surface area contributed by atoms with Crippen molar-refractivity contribution in [3.05, 3.63) is 35.6 Å². The summed E-state index contributed by atoms with van der Waals surface area (Å²) in [4.78, 5) is 23.2. The molecule has 0 fully saturated rings. The largest absolute Gasteiger partial charge is 0.386 e. The predicted octanol–water partition coefficient (Wildman–Crippen LogP) is 1.67. The molecule has 5 nitrogen and oxygen atoms in total. The van der Waals surface area contributed by atoms with Crippen LogP contribution >= 0.6 is 0 Å². The van der Waals surface area contributed by atoms with E-state index in [0.29, 0.717) is 12.1 Å². The normalized spacial score (nSPS) is 13.3. The van der Waals surface area contributed by atoms with Gasteiger partial charge in [0.25, 0.3) is 0 Å². The van der Waals surface area contributed by atoms with Crippen molar-refractivity contribution in [3.8, 4) is 0 Å². The standard InChI is InChI=1S/C16H23FN2O3/c1-3-10-18-14(20)8-9-15(21)19-11(2)16(22)12-4-6-13(17)7-5-12/h4-7,11,16,22H,3,8-10H2,1-2H3,(H,18,20)(H,19,21). The Morgan fingerprint density at radius 3 is 2.36 bits per heavy atom. The lowest BCUT2D eigenvalue weighted by Crippen LogP contribution is -2.37. The summed E-state index contributed by atoms with van der Waals surface area (Å²) < 4.78 is 12.8. The maximum absolute atomic E-state index is 12.8. The Morgan fingerprint density at radius 2 is 1.77 bits per heavy atom. The van der Waals surface area contributed by atoms with Crippen LogP contribution in [0, 0.1) is 5.82 Å². The number of benzene rings is 1. The Kier molecular flexibility index (Phi) is 7.52. The number of carbonyl (C=O) groups excluding carboxylic acids is 2. The molecule has 1 aromatic carbocycles. The van der Waals surface area contributed by atoms with E-state index in [0.717, 1.165) is 6.42 Å². The fourth-order valence-electron chi connectivity index (χ4n) is 1.93. The highest BCUT2D eigenvalue weighted by Crippen LogP contribution is 2.17. The van der Waals surface area contributed by atoms with Crippen LogP contribution in [0.1, 0.15) is 44.8 Å². The molecule has 22 heavy (non-hydrogen) atoms. The molecule has 0 saturated heterocycles. The van der Waals surface area contributed by atoms with Gasteiger partial charge in [-0.2, -0.15) is 0 Å². The van der Waals surface area contributed by atoms with E-state index in [2.05, 4.69) is 10.6 Å². The van der Waals surface area contributed by atoms with E-state index in [9.17, 15) is 19.1 Å². The average Bonchev–Trinajstić information content (AvgIpc) is 2.50. The first-order valence-electron chi connectivity index (χ1n) is 7.43. The molecule has 1 aromatic rings.